The number of ether oxygens (including phenoxy) is 1. The third kappa shape index (κ3) is 9.65. The Balaban J connectivity index is 0.00000400. The Kier molecular flexibility index (Phi) is 11.7. The van der Waals surface area contributed by atoms with Gasteiger partial charge in [0, 0.05) is 6.20 Å². The zero-order chi connectivity index (χ0) is 14.8. The quantitative estimate of drug-likeness (QED) is 0.220. The zero-order valence-corrected chi connectivity index (χ0v) is 16.6. The summed E-state index contributed by atoms with van der Waals surface area (Å²) >= 11 is 2.19. The standard InChI is InChI=1S/C15H26IN2O2.BrH/c1-18(2,11-12-19)10-5-3-4-6-13-20-14-8-7-9-17-15(14)16;/h7-9,19H,3-6,10-13H2,1-2H3;1H/q+1;/p-1. The van der Waals surface area contributed by atoms with Gasteiger partial charge in [-0.25, -0.2) is 4.98 Å². The van der Waals surface area contributed by atoms with E-state index in [1.807, 2.05) is 12.1 Å². The van der Waals surface area contributed by atoms with E-state index in [1.165, 1.54) is 19.3 Å². The molecule has 0 saturated carbocycles. The van der Waals surface area contributed by atoms with Gasteiger partial charge in [-0.05, 0) is 60.4 Å². The highest BCUT2D eigenvalue weighted by atomic mass is 127. The van der Waals surface area contributed by atoms with Gasteiger partial charge in [0.2, 0.25) is 0 Å². The molecule has 1 aromatic heterocycles. The van der Waals surface area contributed by atoms with Gasteiger partial charge < -0.3 is 31.3 Å². The number of halogens is 2. The van der Waals surface area contributed by atoms with E-state index in [9.17, 15) is 0 Å². The Bertz CT molecular complexity index is 392. The second kappa shape index (κ2) is 11.6. The maximum atomic E-state index is 8.97. The number of rotatable bonds is 10. The van der Waals surface area contributed by atoms with Crippen LogP contribution in [0, 0.1) is 3.70 Å². The molecular formula is C15H26BrIN2O2. The smallest absolute Gasteiger partial charge is 0.151 e. The van der Waals surface area contributed by atoms with Crippen molar-refractivity contribution in [3.05, 3.63) is 22.0 Å². The van der Waals surface area contributed by atoms with Crippen LogP contribution in [0.2, 0.25) is 0 Å². The molecule has 0 aliphatic heterocycles. The fraction of sp³-hybridized carbons (Fsp3) is 0.667. The fourth-order valence-corrected chi connectivity index (χ4v) is 2.54. The van der Waals surface area contributed by atoms with Crippen LogP contribution in [0.5, 0.6) is 5.75 Å². The molecule has 4 nitrogen and oxygen atoms in total. The molecule has 0 bridgehead atoms. The van der Waals surface area contributed by atoms with Gasteiger partial charge in [-0.3, -0.25) is 0 Å². The Morgan fingerprint density at radius 2 is 1.90 bits per heavy atom. The van der Waals surface area contributed by atoms with Gasteiger partial charge in [-0.2, -0.15) is 0 Å². The molecule has 21 heavy (non-hydrogen) atoms. The lowest BCUT2D eigenvalue weighted by Gasteiger charge is -2.28. The molecule has 1 N–H and O–H groups in total. The van der Waals surface area contributed by atoms with Crippen molar-refractivity contribution in [2.24, 2.45) is 0 Å². The van der Waals surface area contributed by atoms with Gasteiger partial charge in [0.15, 0.2) is 5.75 Å². The first-order chi connectivity index (χ1) is 9.55. The number of aliphatic hydroxyl groups excluding tert-OH is 1. The van der Waals surface area contributed by atoms with Crippen LogP contribution >= 0.6 is 22.6 Å². The van der Waals surface area contributed by atoms with Gasteiger partial charge >= 0.3 is 0 Å². The van der Waals surface area contributed by atoms with Crippen LogP contribution in [0.3, 0.4) is 0 Å². The number of nitrogens with zero attached hydrogens (tertiary/aromatic N) is 2. The van der Waals surface area contributed by atoms with Crippen molar-refractivity contribution in [2.75, 3.05) is 40.4 Å². The molecule has 0 aliphatic rings. The number of likely N-dealkylation sites (N-methyl/N-ethyl adjacent to an activating group) is 1. The van der Waals surface area contributed by atoms with Gasteiger partial charge in [0.1, 0.15) is 10.2 Å². The van der Waals surface area contributed by atoms with E-state index in [2.05, 4.69) is 41.7 Å². The van der Waals surface area contributed by atoms with E-state index in [0.29, 0.717) is 0 Å². The topological polar surface area (TPSA) is 42.4 Å². The summed E-state index contributed by atoms with van der Waals surface area (Å²) in [5, 5.41) is 8.97. The Labute approximate surface area is 152 Å². The lowest BCUT2D eigenvalue weighted by Crippen LogP contribution is -3.00. The maximum Gasteiger partial charge on any atom is 0.151 e. The second-order valence-corrected chi connectivity index (χ2v) is 6.68. The third-order valence-corrected chi connectivity index (χ3v) is 4.16. The fourth-order valence-electron chi connectivity index (χ4n) is 2.04. The van der Waals surface area contributed by atoms with E-state index in [1.54, 1.807) is 6.20 Å². The summed E-state index contributed by atoms with van der Waals surface area (Å²) in [5.41, 5.74) is 0. The molecule has 0 spiro atoms. The SMILES string of the molecule is C[N+](C)(CCO)CCCCCCOc1cccnc1I.[Br-]. The molecule has 0 unspecified atom stereocenters. The minimum atomic E-state index is 0. The first kappa shape index (κ1) is 21.1. The molecule has 0 atom stereocenters. The molecule has 0 fully saturated rings. The lowest BCUT2D eigenvalue weighted by molar-refractivity contribution is -0.890. The Hall–Kier alpha value is 0.0800. The molecule has 0 aromatic carbocycles. The predicted molar refractivity (Wildman–Crippen MR) is 89.8 cm³/mol. The lowest BCUT2D eigenvalue weighted by atomic mass is 10.2. The summed E-state index contributed by atoms with van der Waals surface area (Å²) in [5.74, 6) is 0.883. The Morgan fingerprint density at radius 3 is 2.57 bits per heavy atom. The van der Waals surface area contributed by atoms with Crippen molar-refractivity contribution in [3.8, 4) is 5.75 Å². The third-order valence-electron chi connectivity index (χ3n) is 3.35. The highest BCUT2D eigenvalue weighted by Crippen LogP contribution is 2.17. The molecule has 0 saturated heterocycles. The minimum absolute atomic E-state index is 0. The summed E-state index contributed by atoms with van der Waals surface area (Å²) in [4.78, 5) is 4.19. The van der Waals surface area contributed by atoms with Crippen molar-refractivity contribution < 1.29 is 31.3 Å². The summed E-state index contributed by atoms with van der Waals surface area (Å²) in [7, 11) is 4.34. The molecule has 1 heterocycles. The number of pyridine rings is 1. The first-order valence-corrected chi connectivity index (χ1v) is 8.29. The van der Waals surface area contributed by atoms with Gasteiger partial charge in [0.05, 0.1) is 33.9 Å². The number of quaternary nitrogens is 1. The highest BCUT2D eigenvalue weighted by molar-refractivity contribution is 14.1. The molecule has 1 rings (SSSR count). The van der Waals surface area contributed by atoms with E-state index in [-0.39, 0.29) is 23.6 Å². The van der Waals surface area contributed by atoms with Crippen LogP contribution in [0.25, 0.3) is 0 Å². The summed E-state index contributed by atoms with van der Waals surface area (Å²) in [6, 6.07) is 3.86. The summed E-state index contributed by atoms with van der Waals surface area (Å²) in [6.07, 6.45) is 6.48. The average Bonchev–Trinajstić information content (AvgIpc) is 2.39. The van der Waals surface area contributed by atoms with E-state index in [4.69, 9.17) is 9.84 Å². The molecule has 122 valence electrons. The van der Waals surface area contributed by atoms with Crippen LogP contribution in [0.15, 0.2) is 18.3 Å². The van der Waals surface area contributed by atoms with Gasteiger partial charge in [0.25, 0.3) is 0 Å². The number of hydrogen-bond acceptors (Lipinski definition) is 3. The van der Waals surface area contributed by atoms with Crippen molar-refractivity contribution in [2.45, 2.75) is 25.7 Å². The van der Waals surface area contributed by atoms with Gasteiger partial charge in [-0.15, -0.1) is 0 Å². The molecular weight excluding hydrogens is 447 g/mol. The summed E-state index contributed by atoms with van der Waals surface area (Å²) in [6.45, 7) is 2.99. The molecule has 0 aliphatic carbocycles. The van der Waals surface area contributed by atoms with Crippen molar-refractivity contribution >= 4 is 22.6 Å². The monoisotopic (exact) mass is 472 g/mol. The van der Waals surface area contributed by atoms with Crippen LogP contribution in [0.1, 0.15) is 25.7 Å². The van der Waals surface area contributed by atoms with E-state index in [0.717, 1.165) is 40.1 Å². The van der Waals surface area contributed by atoms with Crippen molar-refractivity contribution in [3.63, 3.8) is 0 Å². The number of hydrogen-bond donors (Lipinski definition) is 1. The molecule has 1 aromatic rings. The molecule has 6 heteroatoms. The van der Waals surface area contributed by atoms with Crippen LogP contribution in [0.4, 0.5) is 0 Å². The second-order valence-electron chi connectivity index (χ2n) is 5.66. The molecule has 0 amide bonds. The highest BCUT2D eigenvalue weighted by Gasteiger charge is 2.12. The maximum absolute atomic E-state index is 8.97. The Morgan fingerprint density at radius 1 is 1.19 bits per heavy atom. The van der Waals surface area contributed by atoms with Crippen molar-refractivity contribution in [1.29, 1.82) is 0 Å². The average molecular weight is 473 g/mol. The normalized spacial score (nSPS) is 11.0. The largest absolute Gasteiger partial charge is 1.00 e. The van der Waals surface area contributed by atoms with Gasteiger partial charge in [-0.1, -0.05) is 0 Å². The van der Waals surface area contributed by atoms with E-state index < -0.39 is 0 Å². The molecule has 0 radical (unpaired) electrons. The van der Waals surface area contributed by atoms with Crippen LogP contribution in [-0.4, -0.2) is 55.0 Å². The van der Waals surface area contributed by atoms with Crippen LogP contribution < -0.4 is 21.7 Å². The number of aromatic nitrogens is 1. The summed E-state index contributed by atoms with van der Waals surface area (Å²) < 4.78 is 7.54. The number of unbranched alkanes of at least 4 members (excludes halogenated alkanes) is 3. The van der Waals surface area contributed by atoms with Crippen LogP contribution in [-0.2, 0) is 0 Å². The minimum Gasteiger partial charge on any atom is -1.00 e. The van der Waals surface area contributed by atoms with E-state index >= 15 is 0 Å². The predicted octanol–water partition coefficient (Wildman–Crippen LogP) is -0.302. The number of aliphatic hydroxyl groups is 1. The van der Waals surface area contributed by atoms with Crippen molar-refractivity contribution in [1.82, 2.24) is 4.98 Å². The first-order valence-electron chi connectivity index (χ1n) is 7.21. The zero-order valence-electron chi connectivity index (χ0n) is 12.9.